The summed E-state index contributed by atoms with van der Waals surface area (Å²) in [5, 5.41) is 0. The summed E-state index contributed by atoms with van der Waals surface area (Å²) >= 11 is 3.41. The molecule has 0 aliphatic rings. The molecular formula is C11H9BrN2O. The van der Waals surface area contributed by atoms with Crippen LogP contribution in [-0.4, -0.2) is 16.3 Å². The van der Waals surface area contributed by atoms with Crippen LogP contribution in [0.5, 0.6) is 0 Å². The van der Waals surface area contributed by atoms with Gasteiger partial charge in [-0.05, 0) is 17.7 Å². The molecule has 15 heavy (non-hydrogen) atoms. The van der Waals surface area contributed by atoms with Crippen LogP contribution in [0.1, 0.15) is 21.9 Å². The van der Waals surface area contributed by atoms with Gasteiger partial charge in [-0.2, -0.15) is 0 Å². The van der Waals surface area contributed by atoms with Gasteiger partial charge in [-0.1, -0.05) is 28.1 Å². The monoisotopic (exact) mass is 264 g/mol. The van der Waals surface area contributed by atoms with E-state index in [1.807, 2.05) is 24.3 Å². The Morgan fingerprint density at radius 1 is 1.47 bits per heavy atom. The molecule has 1 heterocycles. The third kappa shape index (κ3) is 2.53. The molecular weight excluding hydrogens is 256 g/mol. The van der Waals surface area contributed by atoms with Crippen LogP contribution in [0.25, 0.3) is 0 Å². The van der Waals surface area contributed by atoms with E-state index in [-0.39, 0.29) is 0 Å². The van der Waals surface area contributed by atoms with Gasteiger partial charge in [-0.25, -0.2) is 4.98 Å². The topological polar surface area (TPSA) is 45.8 Å². The van der Waals surface area contributed by atoms with Crippen molar-refractivity contribution in [1.82, 2.24) is 9.97 Å². The van der Waals surface area contributed by atoms with E-state index in [4.69, 9.17) is 0 Å². The van der Waals surface area contributed by atoms with Gasteiger partial charge in [0, 0.05) is 10.9 Å². The van der Waals surface area contributed by atoms with Crippen molar-refractivity contribution in [2.75, 3.05) is 0 Å². The van der Waals surface area contributed by atoms with Crippen molar-refractivity contribution in [3.8, 4) is 0 Å². The molecule has 0 fully saturated rings. The molecule has 0 radical (unpaired) electrons. The Morgan fingerprint density at radius 2 is 2.33 bits per heavy atom. The number of benzene rings is 1. The molecule has 0 bridgehead atoms. The highest BCUT2D eigenvalue weighted by Crippen LogP contribution is 2.13. The van der Waals surface area contributed by atoms with Crippen LogP contribution >= 0.6 is 15.9 Å². The third-order valence-electron chi connectivity index (χ3n) is 2.04. The molecule has 0 saturated heterocycles. The summed E-state index contributed by atoms with van der Waals surface area (Å²) in [4.78, 5) is 17.5. The predicted octanol–water partition coefficient (Wildman–Crippen LogP) is 2.58. The lowest BCUT2D eigenvalue weighted by Gasteiger charge is -1.98. The highest BCUT2D eigenvalue weighted by Gasteiger charge is 2.01. The number of aromatic amines is 1. The number of aldehydes is 1. The highest BCUT2D eigenvalue weighted by molar-refractivity contribution is 9.10. The molecule has 1 N–H and O–H groups in total. The summed E-state index contributed by atoms with van der Waals surface area (Å²) in [5.74, 6) is 0.801. The first-order valence-electron chi connectivity index (χ1n) is 4.51. The van der Waals surface area contributed by atoms with Gasteiger partial charge in [-0.15, -0.1) is 0 Å². The van der Waals surface area contributed by atoms with E-state index >= 15 is 0 Å². The number of nitrogens with zero attached hydrogens (tertiary/aromatic N) is 1. The molecule has 0 aliphatic heterocycles. The molecule has 1 aromatic carbocycles. The van der Waals surface area contributed by atoms with Gasteiger partial charge in [0.05, 0.1) is 11.9 Å². The van der Waals surface area contributed by atoms with Crippen LogP contribution in [0.15, 0.2) is 34.9 Å². The minimum Gasteiger partial charge on any atom is -0.340 e. The summed E-state index contributed by atoms with van der Waals surface area (Å²) in [7, 11) is 0. The van der Waals surface area contributed by atoms with Gasteiger partial charge in [0.2, 0.25) is 0 Å². The number of imidazole rings is 1. The number of nitrogens with one attached hydrogen (secondary N) is 1. The van der Waals surface area contributed by atoms with Crippen LogP contribution in [0, 0.1) is 0 Å². The van der Waals surface area contributed by atoms with E-state index < -0.39 is 0 Å². The van der Waals surface area contributed by atoms with Gasteiger partial charge in [0.15, 0.2) is 6.29 Å². The molecule has 0 atom stereocenters. The summed E-state index contributed by atoms with van der Waals surface area (Å²) in [6, 6.07) is 8.00. The normalized spacial score (nSPS) is 10.2. The zero-order chi connectivity index (χ0) is 10.7. The zero-order valence-corrected chi connectivity index (χ0v) is 9.49. The molecule has 0 spiro atoms. The second-order valence-electron chi connectivity index (χ2n) is 3.21. The molecule has 2 rings (SSSR count). The lowest BCUT2D eigenvalue weighted by molar-refractivity contribution is 0.111. The zero-order valence-electron chi connectivity index (χ0n) is 7.90. The first-order valence-corrected chi connectivity index (χ1v) is 5.31. The fraction of sp³-hybridized carbons (Fsp3) is 0.0909. The fourth-order valence-electron chi connectivity index (χ4n) is 1.37. The number of H-pyrrole nitrogens is 1. The minimum absolute atomic E-state index is 0.514. The smallest absolute Gasteiger partial charge is 0.167 e. The maximum absolute atomic E-state index is 10.4. The second kappa shape index (κ2) is 4.40. The number of carbonyl (C=O) groups is 1. The third-order valence-corrected chi connectivity index (χ3v) is 2.53. The molecule has 0 saturated carbocycles. The first-order chi connectivity index (χ1) is 7.28. The average Bonchev–Trinajstić information content (AvgIpc) is 2.65. The Kier molecular flexibility index (Phi) is 2.97. The maximum Gasteiger partial charge on any atom is 0.167 e. The van der Waals surface area contributed by atoms with Crippen molar-refractivity contribution in [3.63, 3.8) is 0 Å². The number of hydrogen-bond donors (Lipinski definition) is 1. The van der Waals surface area contributed by atoms with Gasteiger partial charge >= 0.3 is 0 Å². The van der Waals surface area contributed by atoms with E-state index in [2.05, 4.69) is 25.9 Å². The van der Waals surface area contributed by atoms with Gasteiger partial charge in [-0.3, -0.25) is 4.79 Å². The van der Waals surface area contributed by atoms with Crippen LogP contribution < -0.4 is 0 Å². The Morgan fingerprint density at radius 3 is 3.00 bits per heavy atom. The van der Waals surface area contributed by atoms with E-state index in [1.165, 1.54) is 0 Å². The van der Waals surface area contributed by atoms with Gasteiger partial charge < -0.3 is 4.98 Å². The number of halogens is 1. The largest absolute Gasteiger partial charge is 0.340 e. The molecule has 0 amide bonds. The Bertz CT molecular complexity index is 479. The Labute approximate surface area is 95.7 Å². The van der Waals surface area contributed by atoms with E-state index in [9.17, 15) is 4.79 Å². The molecule has 4 heteroatoms. The number of aromatic nitrogens is 2. The Balaban J connectivity index is 2.18. The van der Waals surface area contributed by atoms with Crippen LogP contribution in [0.4, 0.5) is 0 Å². The number of carbonyl (C=O) groups excluding carboxylic acids is 1. The standard InChI is InChI=1S/C11H9BrN2O/c12-9-3-1-2-8(4-9)5-11-13-6-10(7-15)14-11/h1-4,6-7H,5H2,(H,13,14). The second-order valence-corrected chi connectivity index (χ2v) is 4.13. The molecule has 1 aromatic heterocycles. The van der Waals surface area contributed by atoms with E-state index in [1.54, 1.807) is 6.20 Å². The molecule has 0 aliphatic carbocycles. The Hall–Kier alpha value is -1.42. The molecule has 3 nitrogen and oxygen atoms in total. The summed E-state index contributed by atoms with van der Waals surface area (Å²) in [6.07, 6.45) is 3.00. The van der Waals surface area contributed by atoms with Crippen molar-refractivity contribution >= 4 is 22.2 Å². The van der Waals surface area contributed by atoms with Crippen molar-refractivity contribution in [2.45, 2.75) is 6.42 Å². The van der Waals surface area contributed by atoms with E-state index in [0.29, 0.717) is 12.1 Å². The molecule has 76 valence electrons. The average molecular weight is 265 g/mol. The quantitative estimate of drug-likeness (QED) is 0.867. The van der Waals surface area contributed by atoms with Crippen molar-refractivity contribution in [1.29, 1.82) is 0 Å². The van der Waals surface area contributed by atoms with Crippen molar-refractivity contribution < 1.29 is 4.79 Å². The predicted molar refractivity (Wildman–Crippen MR) is 60.9 cm³/mol. The molecule has 0 unspecified atom stereocenters. The van der Waals surface area contributed by atoms with Crippen LogP contribution in [0.3, 0.4) is 0 Å². The van der Waals surface area contributed by atoms with Crippen LogP contribution in [0.2, 0.25) is 0 Å². The first kappa shape index (κ1) is 10.1. The number of hydrogen-bond acceptors (Lipinski definition) is 2. The summed E-state index contributed by atoms with van der Waals surface area (Å²) < 4.78 is 1.04. The maximum atomic E-state index is 10.4. The van der Waals surface area contributed by atoms with Gasteiger partial charge in [0.25, 0.3) is 0 Å². The minimum atomic E-state index is 0.514. The number of rotatable bonds is 3. The highest BCUT2D eigenvalue weighted by atomic mass is 79.9. The van der Waals surface area contributed by atoms with Gasteiger partial charge in [0.1, 0.15) is 5.82 Å². The van der Waals surface area contributed by atoms with Crippen molar-refractivity contribution in [3.05, 3.63) is 52.0 Å². The van der Waals surface area contributed by atoms with Crippen molar-refractivity contribution in [2.24, 2.45) is 0 Å². The fourth-order valence-corrected chi connectivity index (χ4v) is 1.82. The van der Waals surface area contributed by atoms with E-state index in [0.717, 1.165) is 22.1 Å². The lowest BCUT2D eigenvalue weighted by Crippen LogP contribution is -1.91. The SMILES string of the molecule is O=Cc1cnc(Cc2cccc(Br)c2)[nH]1. The van der Waals surface area contributed by atoms with Crippen LogP contribution in [-0.2, 0) is 6.42 Å². The summed E-state index contributed by atoms with van der Waals surface area (Å²) in [6.45, 7) is 0. The molecule has 2 aromatic rings. The summed E-state index contributed by atoms with van der Waals surface area (Å²) in [5.41, 5.74) is 1.66. The lowest BCUT2D eigenvalue weighted by atomic mass is 10.1.